The van der Waals surface area contributed by atoms with Crippen LogP contribution in [-0.2, 0) is 0 Å². The van der Waals surface area contributed by atoms with E-state index in [2.05, 4.69) is 37.4 Å². The van der Waals surface area contributed by atoms with Gasteiger partial charge in [0.2, 0.25) is 0 Å². The second-order valence-electron chi connectivity index (χ2n) is 4.71. The average Bonchev–Trinajstić information content (AvgIpc) is 2.16. The number of aryl methyl sites for hydroxylation is 2. The normalized spacial score (nSPS) is 26.6. The molecule has 1 aliphatic rings. The molecule has 0 aromatic heterocycles. The van der Waals surface area contributed by atoms with Crippen molar-refractivity contribution in [2.45, 2.75) is 38.8 Å². The maximum absolute atomic E-state index is 6.00. The fourth-order valence-electron chi connectivity index (χ4n) is 2.41. The van der Waals surface area contributed by atoms with Gasteiger partial charge in [0, 0.05) is 12.1 Å². The zero-order valence-corrected chi connectivity index (χ0v) is 9.59. The fraction of sp³-hybridized carbons (Fsp3) is 0.538. The lowest BCUT2D eigenvalue weighted by Crippen LogP contribution is -2.38. The van der Waals surface area contributed by atoms with Crippen LogP contribution in [0.4, 0.5) is 0 Å². The van der Waals surface area contributed by atoms with Crippen molar-refractivity contribution in [1.29, 1.82) is 0 Å². The molecule has 2 nitrogen and oxygen atoms in total. The van der Waals surface area contributed by atoms with E-state index in [0.717, 1.165) is 19.4 Å². The summed E-state index contributed by atoms with van der Waals surface area (Å²) in [4.78, 5) is 0. The first kappa shape index (κ1) is 10.7. The molecule has 1 aromatic carbocycles. The van der Waals surface area contributed by atoms with Crippen molar-refractivity contribution in [2.75, 3.05) is 6.54 Å². The summed E-state index contributed by atoms with van der Waals surface area (Å²) < 4.78 is 0. The van der Waals surface area contributed by atoms with Gasteiger partial charge >= 0.3 is 0 Å². The molecule has 2 rings (SSSR count). The number of benzene rings is 1. The number of nitrogens with two attached hydrogens (primary N) is 1. The molecule has 2 atom stereocenters. The van der Waals surface area contributed by atoms with Crippen molar-refractivity contribution >= 4 is 0 Å². The van der Waals surface area contributed by atoms with E-state index < -0.39 is 0 Å². The quantitative estimate of drug-likeness (QED) is 0.735. The molecule has 1 aromatic rings. The van der Waals surface area contributed by atoms with Crippen LogP contribution in [0.25, 0.3) is 0 Å². The van der Waals surface area contributed by atoms with Crippen LogP contribution < -0.4 is 11.1 Å². The monoisotopic (exact) mass is 204 g/mol. The van der Waals surface area contributed by atoms with Gasteiger partial charge in [0.05, 0.1) is 0 Å². The Kier molecular flexibility index (Phi) is 3.08. The summed E-state index contributed by atoms with van der Waals surface area (Å²) in [7, 11) is 0. The van der Waals surface area contributed by atoms with E-state index in [1.165, 1.54) is 16.7 Å². The molecule has 0 spiro atoms. The number of hydrogen-bond donors (Lipinski definition) is 2. The number of hydrogen-bond acceptors (Lipinski definition) is 2. The maximum Gasteiger partial charge on any atom is 0.0335 e. The van der Waals surface area contributed by atoms with Gasteiger partial charge in [0.15, 0.2) is 0 Å². The van der Waals surface area contributed by atoms with Gasteiger partial charge in [-0.3, -0.25) is 0 Å². The van der Waals surface area contributed by atoms with E-state index in [-0.39, 0.29) is 0 Å². The standard InChI is InChI=1S/C13H20N2/c1-9-5-10(2)7-11(6-9)13-8-12(14)3-4-15-13/h5-7,12-13,15H,3-4,8,14H2,1-2H3. The van der Waals surface area contributed by atoms with Gasteiger partial charge in [0.1, 0.15) is 0 Å². The van der Waals surface area contributed by atoms with Gasteiger partial charge < -0.3 is 11.1 Å². The summed E-state index contributed by atoms with van der Waals surface area (Å²) in [6.07, 6.45) is 2.16. The smallest absolute Gasteiger partial charge is 0.0335 e. The van der Waals surface area contributed by atoms with Crippen LogP contribution in [0.3, 0.4) is 0 Å². The van der Waals surface area contributed by atoms with E-state index in [0.29, 0.717) is 12.1 Å². The number of rotatable bonds is 1. The lowest BCUT2D eigenvalue weighted by atomic mass is 9.92. The molecule has 82 valence electrons. The first-order valence-electron chi connectivity index (χ1n) is 5.72. The fourth-order valence-corrected chi connectivity index (χ4v) is 2.41. The largest absolute Gasteiger partial charge is 0.328 e. The minimum Gasteiger partial charge on any atom is -0.328 e. The Morgan fingerprint density at radius 3 is 2.47 bits per heavy atom. The molecule has 0 aliphatic carbocycles. The predicted octanol–water partition coefficient (Wildman–Crippen LogP) is 2.06. The van der Waals surface area contributed by atoms with Crippen LogP contribution in [0.5, 0.6) is 0 Å². The van der Waals surface area contributed by atoms with Crippen molar-refractivity contribution < 1.29 is 0 Å². The molecule has 1 aliphatic heterocycles. The number of nitrogens with one attached hydrogen (secondary N) is 1. The third-order valence-electron chi connectivity index (χ3n) is 3.09. The zero-order valence-electron chi connectivity index (χ0n) is 9.59. The zero-order chi connectivity index (χ0) is 10.8. The molecule has 1 heterocycles. The van der Waals surface area contributed by atoms with E-state index in [1.807, 2.05) is 0 Å². The van der Waals surface area contributed by atoms with Crippen molar-refractivity contribution in [1.82, 2.24) is 5.32 Å². The van der Waals surface area contributed by atoms with Crippen LogP contribution in [0, 0.1) is 13.8 Å². The van der Waals surface area contributed by atoms with E-state index >= 15 is 0 Å². The van der Waals surface area contributed by atoms with E-state index in [4.69, 9.17) is 5.73 Å². The molecule has 15 heavy (non-hydrogen) atoms. The van der Waals surface area contributed by atoms with Crippen molar-refractivity contribution in [2.24, 2.45) is 5.73 Å². The lowest BCUT2D eigenvalue weighted by Gasteiger charge is -2.28. The van der Waals surface area contributed by atoms with Gasteiger partial charge in [-0.1, -0.05) is 29.3 Å². The van der Waals surface area contributed by atoms with E-state index in [9.17, 15) is 0 Å². The molecule has 2 heteroatoms. The van der Waals surface area contributed by atoms with Crippen LogP contribution in [-0.4, -0.2) is 12.6 Å². The van der Waals surface area contributed by atoms with Gasteiger partial charge in [-0.15, -0.1) is 0 Å². The summed E-state index contributed by atoms with van der Waals surface area (Å²) in [5, 5.41) is 3.54. The Morgan fingerprint density at radius 1 is 1.20 bits per heavy atom. The number of piperidine rings is 1. The molecule has 0 saturated carbocycles. The molecule has 0 bridgehead atoms. The van der Waals surface area contributed by atoms with Gasteiger partial charge in [-0.25, -0.2) is 0 Å². The first-order chi connectivity index (χ1) is 7.15. The van der Waals surface area contributed by atoms with Crippen molar-refractivity contribution in [3.8, 4) is 0 Å². The summed E-state index contributed by atoms with van der Waals surface area (Å²) >= 11 is 0. The summed E-state index contributed by atoms with van der Waals surface area (Å²) in [5.41, 5.74) is 10.1. The topological polar surface area (TPSA) is 38.0 Å². The minimum atomic E-state index is 0.358. The Bertz CT molecular complexity index is 326. The molecule has 1 saturated heterocycles. The molecule has 0 radical (unpaired) electrons. The van der Waals surface area contributed by atoms with Gasteiger partial charge in [-0.2, -0.15) is 0 Å². The predicted molar refractivity (Wildman–Crippen MR) is 63.9 cm³/mol. The second kappa shape index (κ2) is 4.33. The van der Waals surface area contributed by atoms with Crippen LogP contribution in [0.2, 0.25) is 0 Å². The molecule has 0 amide bonds. The Labute approximate surface area is 91.9 Å². The third kappa shape index (κ3) is 2.58. The highest BCUT2D eigenvalue weighted by Crippen LogP contribution is 2.24. The highest BCUT2D eigenvalue weighted by Gasteiger charge is 2.20. The van der Waals surface area contributed by atoms with Crippen LogP contribution in [0.15, 0.2) is 18.2 Å². The van der Waals surface area contributed by atoms with Crippen LogP contribution in [0.1, 0.15) is 35.6 Å². The Morgan fingerprint density at radius 2 is 1.87 bits per heavy atom. The molecule has 3 N–H and O–H groups in total. The van der Waals surface area contributed by atoms with E-state index in [1.54, 1.807) is 0 Å². The van der Waals surface area contributed by atoms with Gasteiger partial charge in [0.25, 0.3) is 0 Å². The summed E-state index contributed by atoms with van der Waals surface area (Å²) in [5.74, 6) is 0. The second-order valence-corrected chi connectivity index (χ2v) is 4.71. The highest BCUT2D eigenvalue weighted by atomic mass is 14.9. The first-order valence-corrected chi connectivity index (χ1v) is 5.72. The Balaban J connectivity index is 2.20. The molecule has 2 unspecified atom stereocenters. The summed E-state index contributed by atoms with van der Waals surface area (Å²) in [6, 6.07) is 7.56. The van der Waals surface area contributed by atoms with Crippen molar-refractivity contribution in [3.05, 3.63) is 34.9 Å². The lowest BCUT2D eigenvalue weighted by molar-refractivity contribution is 0.369. The minimum absolute atomic E-state index is 0.358. The molecule has 1 fully saturated rings. The SMILES string of the molecule is Cc1cc(C)cc(C2CC(N)CCN2)c1. The molecular weight excluding hydrogens is 184 g/mol. The summed E-state index contributed by atoms with van der Waals surface area (Å²) in [6.45, 7) is 5.34. The highest BCUT2D eigenvalue weighted by molar-refractivity contribution is 5.31. The maximum atomic E-state index is 6.00. The van der Waals surface area contributed by atoms with Crippen molar-refractivity contribution in [3.63, 3.8) is 0 Å². The van der Waals surface area contributed by atoms with Gasteiger partial charge in [-0.05, 0) is 38.8 Å². The Hall–Kier alpha value is -0.860. The average molecular weight is 204 g/mol. The molecular formula is C13H20N2. The van der Waals surface area contributed by atoms with Crippen LogP contribution >= 0.6 is 0 Å². The third-order valence-corrected chi connectivity index (χ3v) is 3.09.